The summed E-state index contributed by atoms with van der Waals surface area (Å²) >= 11 is 0. The molecule has 5 heteroatoms. The maximum atomic E-state index is 12.2. The molecule has 1 aromatic rings. The summed E-state index contributed by atoms with van der Waals surface area (Å²) in [6, 6.07) is 0.669. The molecule has 1 N–H and O–H groups in total. The van der Waals surface area contributed by atoms with Crippen molar-refractivity contribution in [2.45, 2.75) is 51.2 Å². The number of carbonyl (C=O) groups excluding carboxylic acids is 1. The molecule has 1 saturated heterocycles. The van der Waals surface area contributed by atoms with Crippen LogP contribution >= 0.6 is 0 Å². The van der Waals surface area contributed by atoms with E-state index in [0.717, 1.165) is 38.3 Å². The van der Waals surface area contributed by atoms with E-state index in [1.807, 2.05) is 15.7 Å². The van der Waals surface area contributed by atoms with Crippen LogP contribution in [0.5, 0.6) is 0 Å². The van der Waals surface area contributed by atoms with Gasteiger partial charge in [-0.3, -0.25) is 4.79 Å². The predicted molar refractivity (Wildman–Crippen MR) is 72.5 cm³/mol. The lowest BCUT2D eigenvalue weighted by Crippen LogP contribution is -2.38. The number of hydrogen-bond acceptors (Lipinski definition) is 3. The van der Waals surface area contributed by atoms with Crippen molar-refractivity contribution in [2.75, 3.05) is 13.1 Å². The number of nitrogens with one attached hydrogen (secondary N) is 1. The molecule has 1 aliphatic carbocycles. The van der Waals surface area contributed by atoms with E-state index in [1.165, 1.54) is 19.3 Å². The fourth-order valence-corrected chi connectivity index (χ4v) is 2.56. The Kier molecular flexibility index (Phi) is 3.82. The molecular formula is C14H22N4O. The van der Waals surface area contributed by atoms with Crippen molar-refractivity contribution in [1.29, 1.82) is 0 Å². The SMILES string of the molecule is O=C(Cn1ccnc1CNC1CC1)N1CCCCC1. The van der Waals surface area contributed by atoms with Gasteiger partial charge in [0.2, 0.25) is 5.91 Å². The number of piperidine rings is 1. The van der Waals surface area contributed by atoms with E-state index in [1.54, 1.807) is 6.20 Å². The highest BCUT2D eigenvalue weighted by atomic mass is 16.2. The van der Waals surface area contributed by atoms with Gasteiger partial charge in [0.15, 0.2) is 0 Å². The summed E-state index contributed by atoms with van der Waals surface area (Å²) in [5, 5.41) is 3.44. The molecule has 0 unspecified atom stereocenters. The van der Waals surface area contributed by atoms with Crippen molar-refractivity contribution in [3.63, 3.8) is 0 Å². The maximum Gasteiger partial charge on any atom is 0.242 e. The molecule has 5 nitrogen and oxygen atoms in total. The van der Waals surface area contributed by atoms with Crippen LogP contribution in [0.4, 0.5) is 0 Å². The van der Waals surface area contributed by atoms with Gasteiger partial charge in [0.05, 0.1) is 6.54 Å². The monoisotopic (exact) mass is 262 g/mol. The second-order valence-electron chi connectivity index (χ2n) is 5.57. The third-order valence-electron chi connectivity index (χ3n) is 3.94. The number of rotatable bonds is 5. The summed E-state index contributed by atoms with van der Waals surface area (Å²) in [4.78, 5) is 18.6. The standard InChI is InChI=1S/C14H22N4O/c19-14(17-7-2-1-3-8-17)11-18-9-6-15-13(18)10-16-12-4-5-12/h6,9,12,16H,1-5,7-8,10-11H2. The fraction of sp³-hybridized carbons (Fsp3) is 0.714. The van der Waals surface area contributed by atoms with Crippen molar-refractivity contribution >= 4 is 5.91 Å². The van der Waals surface area contributed by atoms with Gasteiger partial charge in [-0.25, -0.2) is 4.98 Å². The zero-order chi connectivity index (χ0) is 13.1. The highest BCUT2D eigenvalue weighted by Gasteiger charge is 2.21. The average Bonchev–Trinajstić information content (AvgIpc) is 3.18. The zero-order valence-electron chi connectivity index (χ0n) is 11.3. The van der Waals surface area contributed by atoms with Crippen LogP contribution in [0.2, 0.25) is 0 Å². The molecular weight excluding hydrogens is 240 g/mol. The van der Waals surface area contributed by atoms with E-state index in [0.29, 0.717) is 12.6 Å². The number of imidazole rings is 1. The van der Waals surface area contributed by atoms with Crippen LogP contribution in [0.15, 0.2) is 12.4 Å². The third-order valence-corrected chi connectivity index (χ3v) is 3.94. The number of amides is 1. The van der Waals surface area contributed by atoms with Crippen molar-refractivity contribution in [3.05, 3.63) is 18.2 Å². The highest BCUT2D eigenvalue weighted by molar-refractivity contribution is 5.76. The Morgan fingerprint density at radius 1 is 1.32 bits per heavy atom. The van der Waals surface area contributed by atoms with Crippen LogP contribution in [0.3, 0.4) is 0 Å². The van der Waals surface area contributed by atoms with Gasteiger partial charge in [0, 0.05) is 31.5 Å². The second-order valence-corrected chi connectivity index (χ2v) is 5.57. The number of likely N-dealkylation sites (tertiary alicyclic amines) is 1. The van der Waals surface area contributed by atoms with E-state index < -0.39 is 0 Å². The minimum absolute atomic E-state index is 0.227. The summed E-state index contributed by atoms with van der Waals surface area (Å²) in [7, 11) is 0. The first-order valence-corrected chi connectivity index (χ1v) is 7.34. The Morgan fingerprint density at radius 2 is 2.11 bits per heavy atom. The molecule has 19 heavy (non-hydrogen) atoms. The molecule has 0 atom stereocenters. The number of aromatic nitrogens is 2. The first-order chi connectivity index (χ1) is 9.33. The third kappa shape index (κ3) is 3.35. The van der Waals surface area contributed by atoms with Crippen molar-refractivity contribution in [3.8, 4) is 0 Å². The molecule has 104 valence electrons. The smallest absolute Gasteiger partial charge is 0.242 e. The van der Waals surface area contributed by atoms with Gasteiger partial charge in [-0.15, -0.1) is 0 Å². The molecule has 0 aromatic carbocycles. The van der Waals surface area contributed by atoms with Gasteiger partial charge >= 0.3 is 0 Å². The number of hydrogen-bond donors (Lipinski definition) is 1. The first-order valence-electron chi connectivity index (χ1n) is 7.34. The minimum Gasteiger partial charge on any atom is -0.341 e. The topological polar surface area (TPSA) is 50.2 Å². The molecule has 1 aliphatic heterocycles. The summed E-state index contributed by atoms with van der Waals surface area (Å²) in [6.07, 6.45) is 9.78. The summed E-state index contributed by atoms with van der Waals surface area (Å²) in [5.74, 6) is 1.20. The minimum atomic E-state index is 0.227. The Labute approximate surface area is 114 Å². The van der Waals surface area contributed by atoms with E-state index in [4.69, 9.17) is 0 Å². The molecule has 3 rings (SSSR count). The van der Waals surface area contributed by atoms with Crippen molar-refractivity contribution < 1.29 is 4.79 Å². The lowest BCUT2D eigenvalue weighted by Gasteiger charge is -2.27. The molecule has 1 saturated carbocycles. The summed E-state index contributed by atoms with van der Waals surface area (Å²) in [6.45, 7) is 3.04. The van der Waals surface area contributed by atoms with Gasteiger partial charge in [0.25, 0.3) is 0 Å². The van der Waals surface area contributed by atoms with Crippen LogP contribution in [0.25, 0.3) is 0 Å². The van der Waals surface area contributed by atoms with Crippen LogP contribution in [0, 0.1) is 0 Å². The van der Waals surface area contributed by atoms with E-state index in [-0.39, 0.29) is 5.91 Å². The predicted octanol–water partition coefficient (Wildman–Crippen LogP) is 1.15. The lowest BCUT2D eigenvalue weighted by molar-refractivity contribution is -0.132. The maximum absolute atomic E-state index is 12.2. The highest BCUT2D eigenvalue weighted by Crippen LogP contribution is 2.19. The van der Waals surface area contributed by atoms with Crippen LogP contribution < -0.4 is 5.32 Å². The van der Waals surface area contributed by atoms with Crippen LogP contribution in [-0.4, -0.2) is 39.5 Å². The Balaban J connectivity index is 1.55. The average molecular weight is 262 g/mol. The number of carbonyl (C=O) groups is 1. The Morgan fingerprint density at radius 3 is 2.84 bits per heavy atom. The molecule has 0 radical (unpaired) electrons. The lowest BCUT2D eigenvalue weighted by atomic mass is 10.1. The fourth-order valence-electron chi connectivity index (χ4n) is 2.56. The van der Waals surface area contributed by atoms with E-state index in [2.05, 4.69) is 10.3 Å². The van der Waals surface area contributed by atoms with Gasteiger partial charge in [-0.1, -0.05) is 0 Å². The molecule has 2 aliphatic rings. The van der Waals surface area contributed by atoms with E-state index >= 15 is 0 Å². The quantitative estimate of drug-likeness (QED) is 0.866. The first kappa shape index (κ1) is 12.7. The van der Waals surface area contributed by atoms with Crippen molar-refractivity contribution in [2.24, 2.45) is 0 Å². The van der Waals surface area contributed by atoms with Crippen LogP contribution in [-0.2, 0) is 17.9 Å². The Hall–Kier alpha value is -1.36. The van der Waals surface area contributed by atoms with Crippen LogP contribution in [0.1, 0.15) is 37.9 Å². The van der Waals surface area contributed by atoms with Gasteiger partial charge in [-0.2, -0.15) is 0 Å². The molecule has 1 aromatic heterocycles. The summed E-state index contributed by atoms with van der Waals surface area (Å²) < 4.78 is 1.98. The van der Waals surface area contributed by atoms with Gasteiger partial charge in [-0.05, 0) is 32.1 Å². The van der Waals surface area contributed by atoms with E-state index in [9.17, 15) is 4.79 Å². The summed E-state index contributed by atoms with van der Waals surface area (Å²) in [5.41, 5.74) is 0. The largest absolute Gasteiger partial charge is 0.341 e. The van der Waals surface area contributed by atoms with Crippen molar-refractivity contribution in [1.82, 2.24) is 19.8 Å². The zero-order valence-corrected chi connectivity index (χ0v) is 11.3. The molecule has 2 fully saturated rings. The van der Waals surface area contributed by atoms with Gasteiger partial charge in [0.1, 0.15) is 12.4 Å². The molecule has 0 bridgehead atoms. The Bertz CT molecular complexity index is 432. The van der Waals surface area contributed by atoms with Gasteiger partial charge < -0.3 is 14.8 Å². The molecule has 1 amide bonds. The molecule has 0 spiro atoms. The second kappa shape index (κ2) is 5.74. The number of nitrogens with zero attached hydrogens (tertiary/aromatic N) is 3. The normalized spacial score (nSPS) is 19.7. The molecule has 2 heterocycles.